The maximum Gasteiger partial charge on any atom is 0.275 e. The molecule has 0 aliphatic rings. The van der Waals surface area contributed by atoms with Crippen molar-refractivity contribution in [1.29, 1.82) is 0 Å². The molecule has 0 bridgehead atoms. The van der Waals surface area contributed by atoms with Gasteiger partial charge in [0.25, 0.3) is 5.69 Å². The summed E-state index contributed by atoms with van der Waals surface area (Å²) in [5.74, 6) is 0.804. The van der Waals surface area contributed by atoms with E-state index in [-0.39, 0.29) is 5.69 Å². The Morgan fingerprint density at radius 2 is 2.00 bits per heavy atom. The number of nitrogens with one attached hydrogen (secondary N) is 1. The third kappa shape index (κ3) is 3.14. The topological polar surface area (TPSA) is 64.4 Å². The summed E-state index contributed by atoms with van der Waals surface area (Å²) in [6.07, 6.45) is 0. The molecular formula is C13H11ClN2O3. The van der Waals surface area contributed by atoms with Crippen LogP contribution < -0.4 is 10.1 Å². The fraction of sp³-hybridized carbons (Fsp3) is 0.0769. The first-order valence-electron chi connectivity index (χ1n) is 5.50. The molecule has 0 heterocycles. The lowest BCUT2D eigenvalue weighted by Gasteiger charge is -2.09. The van der Waals surface area contributed by atoms with Crippen LogP contribution in [0.1, 0.15) is 0 Å². The van der Waals surface area contributed by atoms with E-state index in [1.54, 1.807) is 37.4 Å². The lowest BCUT2D eigenvalue weighted by molar-refractivity contribution is -0.384. The molecule has 1 N–H and O–H groups in total. The number of ether oxygens (including phenoxy) is 1. The second-order valence-corrected chi connectivity index (χ2v) is 4.16. The van der Waals surface area contributed by atoms with Gasteiger partial charge in [0.05, 0.1) is 16.0 Å². The van der Waals surface area contributed by atoms with Gasteiger partial charge in [0, 0.05) is 24.9 Å². The van der Waals surface area contributed by atoms with Gasteiger partial charge in [-0.15, -0.1) is 0 Å². The molecule has 6 heteroatoms. The summed E-state index contributed by atoms with van der Waals surface area (Å²) in [5, 5.41) is 14.1. The minimum atomic E-state index is -0.472. The molecule has 2 aromatic rings. The summed E-state index contributed by atoms with van der Waals surface area (Å²) in [7, 11) is 1.68. The van der Waals surface area contributed by atoms with E-state index in [0.29, 0.717) is 22.2 Å². The smallest absolute Gasteiger partial charge is 0.275 e. The third-order valence-corrected chi connectivity index (χ3v) is 2.77. The summed E-state index contributed by atoms with van der Waals surface area (Å²) in [5.41, 5.74) is 0.546. The van der Waals surface area contributed by atoms with Gasteiger partial charge in [-0.3, -0.25) is 10.1 Å². The summed E-state index contributed by atoms with van der Waals surface area (Å²) in [6.45, 7) is 0. The maximum atomic E-state index is 10.8. The highest BCUT2D eigenvalue weighted by molar-refractivity contribution is 6.32. The van der Waals surface area contributed by atoms with E-state index >= 15 is 0 Å². The molecule has 0 radical (unpaired) electrons. The normalized spacial score (nSPS) is 10.0. The van der Waals surface area contributed by atoms with Crippen molar-refractivity contribution in [2.45, 2.75) is 0 Å². The molecule has 5 nitrogen and oxygen atoms in total. The number of rotatable bonds is 4. The molecule has 2 aromatic carbocycles. The molecule has 0 saturated heterocycles. The fourth-order valence-corrected chi connectivity index (χ4v) is 1.72. The van der Waals surface area contributed by atoms with Crippen molar-refractivity contribution in [2.24, 2.45) is 0 Å². The summed E-state index contributed by atoms with van der Waals surface area (Å²) in [4.78, 5) is 10.4. The van der Waals surface area contributed by atoms with Gasteiger partial charge >= 0.3 is 0 Å². The van der Waals surface area contributed by atoms with Crippen molar-refractivity contribution >= 4 is 23.0 Å². The number of halogens is 1. The molecule has 0 amide bonds. The van der Waals surface area contributed by atoms with Crippen LogP contribution in [0.25, 0.3) is 0 Å². The number of nitrogens with zero attached hydrogens (tertiary/aromatic N) is 1. The van der Waals surface area contributed by atoms with E-state index in [1.165, 1.54) is 12.1 Å². The molecular weight excluding hydrogens is 268 g/mol. The number of nitro groups is 1. The van der Waals surface area contributed by atoms with Gasteiger partial charge in [-0.25, -0.2) is 0 Å². The van der Waals surface area contributed by atoms with Gasteiger partial charge in [-0.2, -0.15) is 0 Å². The van der Waals surface area contributed by atoms with Crippen LogP contribution in [-0.2, 0) is 0 Å². The Labute approximate surface area is 114 Å². The first-order chi connectivity index (χ1) is 9.10. The van der Waals surface area contributed by atoms with Crippen LogP contribution in [0.4, 0.5) is 11.4 Å². The van der Waals surface area contributed by atoms with Crippen LogP contribution >= 0.6 is 11.6 Å². The van der Waals surface area contributed by atoms with E-state index in [4.69, 9.17) is 16.3 Å². The maximum absolute atomic E-state index is 10.8. The summed E-state index contributed by atoms with van der Waals surface area (Å²) in [6, 6.07) is 11.4. The Balaban J connectivity index is 2.37. The monoisotopic (exact) mass is 278 g/mol. The highest BCUT2D eigenvalue weighted by atomic mass is 35.5. The Hall–Kier alpha value is -2.27. The lowest BCUT2D eigenvalue weighted by Crippen LogP contribution is -1.94. The minimum Gasteiger partial charge on any atom is -0.455 e. The van der Waals surface area contributed by atoms with Crippen LogP contribution in [0.3, 0.4) is 0 Å². The van der Waals surface area contributed by atoms with E-state index in [1.807, 2.05) is 0 Å². The third-order valence-electron chi connectivity index (χ3n) is 2.46. The zero-order valence-corrected chi connectivity index (χ0v) is 10.8. The van der Waals surface area contributed by atoms with E-state index in [0.717, 1.165) is 0 Å². The first kappa shape index (κ1) is 13.2. The van der Waals surface area contributed by atoms with Gasteiger partial charge in [-0.1, -0.05) is 23.7 Å². The number of anilines is 1. The Bertz CT molecular complexity index is 617. The number of nitro benzene ring substituents is 1. The summed E-state index contributed by atoms with van der Waals surface area (Å²) >= 11 is 5.98. The standard InChI is InChI=1S/C13H11ClN2O3/c1-15-9-6-10(16(17)18)8-11(7-9)19-13-5-3-2-4-12(13)14/h2-8,15H,1H3. The largest absolute Gasteiger partial charge is 0.455 e. The number of non-ortho nitro benzene ring substituents is 1. The van der Waals surface area contributed by atoms with Crippen LogP contribution in [0.5, 0.6) is 11.5 Å². The van der Waals surface area contributed by atoms with Crippen LogP contribution in [0.15, 0.2) is 42.5 Å². The molecule has 98 valence electrons. The van der Waals surface area contributed by atoms with E-state index in [2.05, 4.69) is 5.32 Å². The minimum absolute atomic E-state index is 0.0473. The SMILES string of the molecule is CNc1cc(Oc2ccccc2Cl)cc([N+](=O)[O-])c1. The van der Waals surface area contributed by atoms with Crippen molar-refractivity contribution in [3.8, 4) is 11.5 Å². The quantitative estimate of drug-likeness (QED) is 0.676. The number of para-hydroxylation sites is 1. The molecule has 0 unspecified atom stereocenters. The van der Waals surface area contributed by atoms with Gasteiger partial charge < -0.3 is 10.1 Å². The van der Waals surface area contributed by atoms with Crippen molar-refractivity contribution in [1.82, 2.24) is 0 Å². The van der Waals surface area contributed by atoms with E-state index in [9.17, 15) is 10.1 Å². The second kappa shape index (κ2) is 5.58. The molecule has 0 spiro atoms. The van der Waals surface area contributed by atoms with Crippen molar-refractivity contribution in [3.63, 3.8) is 0 Å². The molecule has 0 aromatic heterocycles. The molecule has 19 heavy (non-hydrogen) atoms. The van der Waals surface area contributed by atoms with Gasteiger partial charge in [0.15, 0.2) is 0 Å². The van der Waals surface area contributed by atoms with Gasteiger partial charge in [-0.05, 0) is 12.1 Å². The average Bonchev–Trinajstić information content (AvgIpc) is 2.41. The molecule has 0 aliphatic heterocycles. The zero-order valence-electron chi connectivity index (χ0n) is 10.1. The lowest BCUT2D eigenvalue weighted by atomic mass is 10.2. The Morgan fingerprint density at radius 3 is 2.63 bits per heavy atom. The Kier molecular flexibility index (Phi) is 3.87. The first-order valence-corrected chi connectivity index (χ1v) is 5.87. The summed E-state index contributed by atoms with van der Waals surface area (Å²) < 4.78 is 5.57. The second-order valence-electron chi connectivity index (χ2n) is 3.76. The molecule has 0 saturated carbocycles. The van der Waals surface area contributed by atoms with Crippen LogP contribution in [0, 0.1) is 10.1 Å². The van der Waals surface area contributed by atoms with Crippen molar-refractivity contribution in [2.75, 3.05) is 12.4 Å². The average molecular weight is 279 g/mol. The van der Waals surface area contributed by atoms with Crippen molar-refractivity contribution in [3.05, 3.63) is 57.6 Å². The highest BCUT2D eigenvalue weighted by Crippen LogP contribution is 2.32. The highest BCUT2D eigenvalue weighted by Gasteiger charge is 2.11. The number of hydrogen-bond acceptors (Lipinski definition) is 4. The van der Waals surface area contributed by atoms with E-state index < -0.39 is 4.92 Å². The fourth-order valence-electron chi connectivity index (χ4n) is 1.55. The molecule has 0 atom stereocenters. The van der Waals surface area contributed by atoms with Crippen molar-refractivity contribution < 1.29 is 9.66 Å². The van der Waals surface area contributed by atoms with Gasteiger partial charge in [0.1, 0.15) is 11.5 Å². The molecule has 0 fully saturated rings. The van der Waals surface area contributed by atoms with Crippen LogP contribution in [-0.4, -0.2) is 12.0 Å². The predicted octanol–water partition coefficient (Wildman–Crippen LogP) is 4.08. The number of benzene rings is 2. The van der Waals surface area contributed by atoms with Crippen LogP contribution in [0.2, 0.25) is 5.02 Å². The Morgan fingerprint density at radius 1 is 1.26 bits per heavy atom. The predicted molar refractivity (Wildman–Crippen MR) is 74.2 cm³/mol. The zero-order chi connectivity index (χ0) is 13.8. The molecule has 2 rings (SSSR count). The number of hydrogen-bond donors (Lipinski definition) is 1. The molecule has 0 aliphatic carbocycles. The van der Waals surface area contributed by atoms with Gasteiger partial charge in [0.2, 0.25) is 0 Å².